The van der Waals surface area contributed by atoms with Gasteiger partial charge in [-0.25, -0.2) is 0 Å². The SMILES string of the molecule is CCC(C)C(c1ccccc1)C(N)COC. The molecular formula is C14H23NO. The fraction of sp³-hybridized carbons (Fsp3) is 0.571. The van der Waals surface area contributed by atoms with E-state index in [9.17, 15) is 0 Å². The Bertz CT molecular complexity index is 286. The van der Waals surface area contributed by atoms with Crippen LogP contribution in [0.5, 0.6) is 0 Å². The first kappa shape index (κ1) is 13.2. The average molecular weight is 221 g/mol. The van der Waals surface area contributed by atoms with Crippen LogP contribution in [-0.4, -0.2) is 19.8 Å². The predicted octanol–water partition coefficient (Wildman–Crippen LogP) is 2.79. The highest BCUT2D eigenvalue weighted by Gasteiger charge is 2.24. The molecule has 0 saturated carbocycles. The zero-order valence-corrected chi connectivity index (χ0v) is 10.5. The first-order valence-corrected chi connectivity index (χ1v) is 6.00. The molecule has 1 rings (SSSR count). The lowest BCUT2D eigenvalue weighted by molar-refractivity contribution is 0.159. The number of hydrogen-bond donors (Lipinski definition) is 1. The molecule has 1 aromatic carbocycles. The zero-order chi connectivity index (χ0) is 12.0. The van der Waals surface area contributed by atoms with Crippen LogP contribution in [0.15, 0.2) is 30.3 Å². The molecule has 2 N–H and O–H groups in total. The van der Waals surface area contributed by atoms with Gasteiger partial charge in [0.1, 0.15) is 0 Å². The quantitative estimate of drug-likeness (QED) is 0.801. The minimum atomic E-state index is 0.0716. The molecule has 1 aromatic rings. The van der Waals surface area contributed by atoms with Crippen molar-refractivity contribution in [3.63, 3.8) is 0 Å². The Morgan fingerprint density at radius 1 is 1.25 bits per heavy atom. The third-order valence-electron chi connectivity index (χ3n) is 3.26. The highest BCUT2D eigenvalue weighted by atomic mass is 16.5. The fourth-order valence-corrected chi connectivity index (χ4v) is 2.22. The zero-order valence-electron chi connectivity index (χ0n) is 10.5. The molecule has 90 valence electrons. The summed E-state index contributed by atoms with van der Waals surface area (Å²) >= 11 is 0. The monoisotopic (exact) mass is 221 g/mol. The molecule has 0 amide bonds. The second kappa shape index (κ2) is 6.66. The summed E-state index contributed by atoms with van der Waals surface area (Å²) in [6, 6.07) is 10.6. The van der Waals surface area contributed by atoms with Crippen LogP contribution >= 0.6 is 0 Å². The summed E-state index contributed by atoms with van der Waals surface area (Å²) in [5, 5.41) is 0. The van der Waals surface area contributed by atoms with Crippen molar-refractivity contribution in [2.24, 2.45) is 11.7 Å². The number of methoxy groups -OCH3 is 1. The van der Waals surface area contributed by atoms with Gasteiger partial charge in [0, 0.05) is 19.1 Å². The van der Waals surface area contributed by atoms with Gasteiger partial charge in [-0.15, -0.1) is 0 Å². The lowest BCUT2D eigenvalue weighted by atomic mass is 9.81. The van der Waals surface area contributed by atoms with Gasteiger partial charge in [0.25, 0.3) is 0 Å². The third kappa shape index (κ3) is 3.32. The molecule has 0 fully saturated rings. The lowest BCUT2D eigenvalue weighted by Crippen LogP contribution is -2.36. The standard InChI is InChI=1S/C14H23NO/c1-4-11(2)14(13(15)10-16-3)12-8-6-5-7-9-12/h5-9,11,13-14H,4,10,15H2,1-3H3. The molecule has 0 aliphatic carbocycles. The molecule has 0 bridgehead atoms. The van der Waals surface area contributed by atoms with Crippen LogP contribution in [-0.2, 0) is 4.74 Å². The maximum atomic E-state index is 6.21. The first-order valence-electron chi connectivity index (χ1n) is 6.00. The summed E-state index contributed by atoms with van der Waals surface area (Å²) in [4.78, 5) is 0. The van der Waals surface area contributed by atoms with Gasteiger partial charge in [0.2, 0.25) is 0 Å². The van der Waals surface area contributed by atoms with Gasteiger partial charge in [-0.05, 0) is 11.5 Å². The molecular weight excluding hydrogens is 198 g/mol. The molecule has 0 saturated heterocycles. The Kier molecular flexibility index (Phi) is 5.50. The molecule has 0 radical (unpaired) electrons. The van der Waals surface area contributed by atoms with E-state index in [2.05, 4.69) is 38.1 Å². The fourth-order valence-electron chi connectivity index (χ4n) is 2.22. The molecule has 0 aliphatic rings. The van der Waals surface area contributed by atoms with Crippen LogP contribution in [0.1, 0.15) is 31.7 Å². The van der Waals surface area contributed by atoms with Crippen LogP contribution in [0.3, 0.4) is 0 Å². The number of nitrogens with two attached hydrogens (primary N) is 1. The van der Waals surface area contributed by atoms with E-state index in [1.54, 1.807) is 7.11 Å². The number of rotatable bonds is 6. The first-order chi connectivity index (χ1) is 7.70. The molecule has 2 heteroatoms. The van der Waals surface area contributed by atoms with Crippen molar-refractivity contribution in [2.75, 3.05) is 13.7 Å². The molecule has 3 atom stereocenters. The van der Waals surface area contributed by atoms with Crippen LogP contribution < -0.4 is 5.73 Å². The largest absolute Gasteiger partial charge is 0.383 e. The van der Waals surface area contributed by atoms with Crippen molar-refractivity contribution in [2.45, 2.75) is 32.2 Å². The van der Waals surface area contributed by atoms with Crippen LogP contribution in [0.4, 0.5) is 0 Å². The van der Waals surface area contributed by atoms with Gasteiger partial charge >= 0.3 is 0 Å². The molecule has 0 aliphatic heterocycles. The number of ether oxygens (including phenoxy) is 1. The summed E-state index contributed by atoms with van der Waals surface area (Å²) in [6.45, 7) is 5.08. The number of benzene rings is 1. The van der Waals surface area contributed by atoms with E-state index in [-0.39, 0.29) is 6.04 Å². The van der Waals surface area contributed by atoms with Gasteiger partial charge in [-0.1, -0.05) is 50.6 Å². The van der Waals surface area contributed by atoms with E-state index in [1.165, 1.54) is 5.56 Å². The average Bonchev–Trinajstić information content (AvgIpc) is 2.31. The number of hydrogen-bond acceptors (Lipinski definition) is 2. The second-order valence-corrected chi connectivity index (χ2v) is 4.44. The highest BCUT2D eigenvalue weighted by Crippen LogP contribution is 2.29. The molecule has 2 nitrogen and oxygen atoms in total. The summed E-state index contributed by atoms with van der Waals surface area (Å²) in [5.41, 5.74) is 7.53. The normalized spacial score (nSPS) is 16.8. The smallest absolute Gasteiger partial charge is 0.0619 e. The van der Waals surface area contributed by atoms with Crippen molar-refractivity contribution in [3.05, 3.63) is 35.9 Å². The molecule has 0 spiro atoms. The summed E-state index contributed by atoms with van der Waals surface area (Å²) in [5.74, 6) is 0.957. The second-order valence-electron chi connectivity index (χ2n) is 4.44. The van der Waals surface area contributed by atoms with Gasteiger partial charge in [-0.3, -0.25) is 0 Å². The van der Waals surface area contributed by atoms with Crippen molar-refractivity contribution >= 4 is 0 Å². The topological polar surface area (TPSA) is 35.2 Å². The molecule has 16 heavy (non-hydrogen) atoms. The van der Waals surface area contributed by atoms with Gasteiger partial charge in [-0.2, -0.15) is 0 Å². The van der Waals surface area contributed by atoms with E-state index in [0.29, 0.717) is 18.4 Å². The predicted molar refractivity (Wildman–Crippen MR) is 68.5 cm³/mol. The minimum Gasteiger partial charge on any atom is -0.383 e. The summed E-state index contributed by atoms with van der Waals surface area (Å²) in [6.07, 6.45) is 1.14. The van der Waals surface area contributed by atoms with Crippen molar-refractivity contribution in [1.82, 2.24) is 0 Å². The highest BCUT2D eigenvalue weighted by molar-refractivity contribution is 5.22. The molecule has 0 heterocycles. The van der Waals surface area contributed by atoms with Crippen LogP contribution in [0, 0.1) is 5.92 Å². The van der Waals surface area contributed by atoms with Crippen LogP contribution in [0.25, 0.3) is 0 Å². The summed E-state index contributed by atoms with van der Waals surface area (Å²) in [7, 11) is 1.71. The minimum absolute atomic E-state index is 0.0716. The van der Waals surface area contributed by atoms with Crippen LogP contribution in [0.2, 0.25) is 0 Å². The maximum absolute atomic E-state index is 6.21. The van der Waals surface area contributed by atoms with Crippen molar-refractivity contribution in [3.8, 4) is 0 Å². The Morgan fingerprint density at radius 2 is 1.88 bits per heavy atom. The molecule has 0 aromatic heterocycles. The Morgan fingerprint density at radius 3 is 2.38 bits per heavy atom. The Balaban J connectivity index is 2.87. The van der Waals surface area contributed by atoms with E-state index in [1.807, 2.05) is 6.07 Å². The van der Waals surface area contributed by atoms with Gasteiger partial charge in [0.15, 0.2) is 0 Å². The Hall–Kier alpha value is -0.860. The van der Waals surface area contributed by atoms with Crippen molar-refractivity contribution in [1.29, 1.82) is 0 Å². The van der Waals surface area contributed by atoms with E-state index in [0.717, 1.165) is 6.42 Å². The molecule has 3 unspecified atom stereocenters. The van der Waals surface area contributed by atoms with Gasteiger partial charge < -0.3 is 10.5 Å². The van der Waals surface area contributed by atoms with E-state index in [4.69, 9.17) is 10.5 Å². The van der Waals surface area contributed by atoms with E-state index >= 15 is 0 Å². The van der Waals surface area contributed by atoms with Gasteiger partial charge in [0.05, 0.1) is 6.61 Å². The van der Waals surface area contributed by atoms with Crippen molar-refractivity contribution < 1.29 is 4.74 Å². The maximum Gasteiger partial charge on any atom is 0.0619 e. The lowest BCUT2D eigenvalue weighted by Gasteiger charge is -2.29. The summed E-state index contributed by atoms with van der Waals surface area (Å²) < 4.78 is 5.18. The third-order valence-corrected chi connectivity index (χ3v) is 3.26. The Labute approximate surface area is 98.8 Å². The van der Waals surface area contributed by atoms with E-state index < -0.39 is 0 Å².